The predicted octanol–water partition coefficient (Wildman–Crippen LogP) is 5.38. The van der Waals surface area contributed by atoms with Gasteiger partial charge in [-0.15, -0.1) is 0 Å². The highest BCUT2D eigenvalue weighted by molar-refractivity contribution is 9.10. The Balaban J connectivity index is 2.58. The molecule has 0 bridgehead atoms. The Kier molecular flexibility index (Phi) is 5.55. The van der Waals surface area contributed by atoms with Gasteiger partial charge in [-0.3, -0.25) is 0 Å². The lowest BCUT2D eigenvalue weighted by Gasteiger charge is -2.21. The normalized spacial score (nSPS) is 12.3. The molecule has 1 N–H and O–H groups in total. The molecule has 0 amide bonds. The Morgan fingerprint density at radius 3 is 2.24 bits per heavy atom. The number of benzene rings is 2. The second-order valence-electron chi connectivity index (χ2n) is 4.77. The maximum Gasteiger partial charge on any atom is 0.124 e. The van der Waals surface area contributed by atoms with Crippen LogP contribution in [0.25, 0.3) is 0 Å². The molecular formula is C16H16BrCl2NO. The molecule has 0 heterocycles. The minimum Gasteiger partial charge on any atom is -0.496 e. The van der Waals surface area contributed by atoms with Gasteiger partial charge in [-0.05, 0) is 55.4 Å². The van der Waals surface area contributed by atoms with Gasteiger partial charge in [-0.25, -0.2) is 0 Å². The molecule has 2 aromatic rings. The number of methoxy groups -OCH3 is 1. The Labute approximate surface area is 143 Å². The van der Waals surface area contributed by atoms with Gasteiger partial charge in [0.2, 0.25) is 0 Å². The highest BCUT2D eigenvalue weighted by Gasteiger charge is 2.19. The van der Waals surface area contributed by atoms with Crippen LogP contribution >= 0.6 is 39.1 Å². The summed E-state index contributed by atoms with van der Waals surface area (Å²) in [5.41, 5.74) is 3.13. The number of hydrogen-bond donors (Lipinski definition) is 1. The number of ether oxygens (including phenoxy) is 1. The van der Waals surface area contributed by atoms with Crippen LogP contribution in [0, 0.1) is 6.92 Å². The minimum absolute atomic E-state index is 0.0620. The van der Waals surface area contributed by atoms with Crippen LogP contribution < -0.4 is 10.1 Å². The van der Waals surface area contributed by atoms with Gasteiger partial charge in [-0.2, -0.15) is 0 Å². The van der Waals surface area contributed by atoms with Crippen molar-refractivity contribution in [2.24, 2.45) is 0 Å². The highest BCUT2D eigenvalue weighted by atomic mass is 79.9. The lowest BCUT2D eigenvalue weighted by molar-refractivity contribution is 0.405. The van der Waals surface area contributed by atoms with Gasteiger partial charge in [-0.1, -0.05) is 39.1 Å². The van der Waals surface area contributed by atoms with E-state index >= 15 is 0 Å². The molecule has 2 aromatic carbocycles. The van der Waals surface area contributed by atoms with E-state index in [-0.39, 0.29) is 6.04 Å². The average molecular weight is 389 g/mol. The van der Waals surface area contributed by atoms with Crippen molar-refractivity contribution >= 4 is 39.1 Å². The van der Waals surface area contributed by atoms with Gasteiger partial charge in [0.1, 0.15) is 5.75 Å². The third-order valence-electron chi connectivity index (χ3n) is 3.33. The number of aryl methyl sites for hydroxylation is 1. The number of halogens is 3. The van der Waals surface area contributed by atoms with Crippen molar-refractivity contribution in [2.45, 2.75) is 13.0 Å². The fourth-order valence-corrected chi connectivity index (χ4v) is 3.22. The van der Waals surface area contributed by atoms with E-state index in [0.29, 0.717) is 10.0 Å². The summed E-state index contributed by atoms with van der Waals surface area (Å²) in [6.07, 6.45) is 0. The lowest BCUT2D eigenvalue weighted by atomic mass is 9.97. The van der Waals surface area contributed by atoms with E-state index in [4.69, 9.17) is 27.9 Å². The first-order chi connectivity index (χ1) is 9.96. The Morgan fingerprint density at radius 2 is 1.71 bits per heavy atom. The molecule has 1 atom stereocenters. The summed E-state index contributed by atoms with van der Waals surface area (Å²) in [6, 6.07) is 9.54. The molecule has 0 radical (unpaired) electrons. The van der Waals surface area contributed by atoms with E-state index in [1.165, 1.54) is 0 Å². The third-order valence-corrected chi connectivity index (χ3v) is 4.62. The summed E-state index contributed by atoms with van der Waals surface area (Å²) in [6.45, 7) is 2.03. The average Bonchev–Trinajstić information content (AvgIpc) is 2.42. The molecule has 0 aliphatic rings. The molecule has 0 saturated heterocycles. The van der Waals surface area contributed by atoms with Crippen molar-refractivity contribution in [2.75, 3.05) is 14.2 Å². The first kappa shape index (κ1) is 16.6. The first-order valence-corrected chi connectivity index (χ1v) is 7.98. The first-order valence-electron chi connectivity index (χ1n) is 6.43. The molecule has 2 nitrogen and oxygen atoms in total. The third kappa shape index (κ3) is 3.72. The van der Waals surface area contributed by atoms with Crippen LogP contribution in [0.5, 0.6) is 5.75 Å². The zero-order chi connectivity index (χ0) is 15.6. The van der Waals surface area contributed by atoms with Crippen LogP contribution in [0.15, 0.2) is 34.8 Å². The standard InChI is InChI=1S/C16H16BrCl2NO/c1-9-4-15(21-3)13(8-14(9)17)16(20-2)10-5-11(18)7-12(19)6-10/h4-8,16,20H,1-3H3. The summed E-state index contributed by atoms with van der Waals surface area (Å²) in [5.74, 6) is 0.825. The van der Waals surface area contributed by atoms with Crippen molar-refractivity contribution in [3.05, 3.63) is 61.5 Å². The molecule has 112 valence electrons. The quantitative estimate of drug-likeness (QED) is 0.758. The van der Waals surface area contributed by atoms with Crippen LogP contribution in [0.3, 0.4) is 0 Å². The number of nitrogens with one attached hydrogen (secondary N) is 1. The molecule has 2 rings (SSSR count). The van der Waals surface area contributed by atoms with Crippen molar-refractivity contribution in [1.82, 2.24) is 5.32 Å². The second kappa shape index (κ2) is 7.01. The fourth-order valence-electron chi connectivity index (χ4n) is 2.32. The molecule has 21 heavy (non-hydrogen) atoms. The smallest absolute Gasteiger partial charge is 0.124 e. The SMILES string of the molecule is CNC(c1cc(Cl)cc(Cl)c1)c1cc(Br)c(C)cc1OC. The van der Waals surface area contributed by atoms with E-state index < -0.39 is 0 Å². The predicted molar refractivity (Wildman–Crippen MR) is 92.8 cm³/mol. The zero-order valence-electron chi connectivity index (χ0n) is 12.0. The molecule has 0 aliphatic heterocycles. The van der Waals surface area contributed by atoms with Gasteiger partial charge in [0.05, 0.1) is 13.2 Å². The van der Waals surface area contributed by atoms with Crippen molar-refractivity contribution < 1.29 is 4.74 Å². The molecule has 1 unspecified atom stereocenters. The van der Waals surface area contributed by atoms with Gasteiger partial charge in [0, 0.05) is 20.1 Å². The zero-order valence-corrected chi connectivity index (χ0v) is 15.1. The van der Waals surface area contributed by atoms with Crippen LogP contribution in [-0.2, 0) is 0 Å². The maximum atomic E-state index is 6.12. The maximum absolute atomic E-state index is 6.12. The van der Waals surface area contributed by atoms with Crippen LogP contribution in [0.2, 0.25) is 10.0 Å². The Morgan fingerprint density at radius 1 is 1.10 bits per heavy atom. The molecule has 0 saturated carbocycles. The minimum atomic E-state index is -0.0620. The lowest BCUT2D eigenvalue weighted by Crippen LogP contribution is -2.18. The number of hydrogen-bond acceptors (Lipinski definition) is 2. The molecule has 5 heteroatoms. The highest BCUT2D eigenvalue weighted by Crippen LogP contribution is 2.35. The van der Waals surface area contributed by atoms with E-state index in [1.807, 2.05) is 32.2 Å². The second-order valence-corrected chi connectivity index (χ2v) is 6.50. The molecule has 0 fully saturated rings. The molecular weight excluding hydrogens is 373 g/mol. The van der Waals surface area contributed by atoms with Gasteiger partial charge < -0.3 is 10.1 Å². The van der Waals surface area contributed by atoms with E-state index in [0.717, 1.165) is 26.9 Å². The van der Waals surface area contributed by atoms with Gasteiger partial charge >= 0.3 is 0 Å². The van der Waals surface area contributed by atoms with Crippen LogP contribution in [0.4, 0.5) is 0 Å². The number of rotatable bonds is 4. The van der Waals surface area contributed by atoms with E-state index in [1.54, 1.807) is 13.2 Å². The van der Waals surface area contributed by atoms with Crippen molar-refractivity contribution in [1.29, 1.82) is 0 Å². The van der Waals surface area contributed by atoms with E-state index in [2.05, 4.69) is 27.3 Å². The summed E-state index contributed by atoms with van der Waals surface area (Å²) >= 11 is 15.8. The molecule has 0 aliphatic carbocycles. The molecule has 0 spiro atoms. The van der Waals surface area contributed by atoms with Crippen LogP contribution in [0.1, 0.15) is 22.7 Å². The monoisotopic (exact) mass is 387 g/mol. The van der Waals surface area contributed by atoms with Gasteiger partial charge in [0.15, 0.2) is 0 Å². The molecule has 0 aromatic heterocycles. The fraction of sp³-hybridized carbons (Fsp3) is 0.250. The van der Waals surface area contributed by atoms with Gasteiger partial charge in [0.25, 0.3) is 0 Å². The summed E-state index contributed by atoms with van der Waals surface area (Å²) in [7, 11) is 3.57. The van der Waals surface area contributed by atoms with Crippen molar-refractivity contribution in [3.8, 4) is 5.75 Å². The topological polar surface area (TPSA) is 21.3 Å². The largest absolute Gasteiger partial charge is 0.496 e. The Bertz CT molecular complexity index is 641. The van der Waals surface area contributed by atoms with Crippen molar-refractivity contribution in [3.63, 3.8) is 0 Å². The summed E-state index contributed by atoms with van der Waals surface area (Å²) in [5, 5.41) is 4.52. The van der Waals surface area contributed by atoms with Crippen LogP contribution in [-0.4, -0.2) is 14.2 Å². The Hall–Kier alpha value is -0.740. The summed E-state index contributed by atoms with van der Waals surface area (Å²) < 4.78 is 6.55. The van der Waals surface area contributed by atoms with E-state index in [9.17, 15) is 0 Å². The summed E-state index contributed by atoms with van der Waals surface area (Å²) in [4.78, 5) is 0.